The summed E-state index contributed by atoms with van der Waals surface area (Å²) in [5.41, 5.74) is 3.53. The maximum atomic E-state index is 13.9. The number of esters is 1. The Balaban J connectivity index is 3.23. The number of benzene rings is 1. The third-order valence-corrected chi connectivity index (χ3v) is 9.14. The van der Waals surface area contributed by atoms with Crippen LogP contribution in [0.15, 0.2) is 102 Å². The Morgan fingerprint density at radius 2 is 1.37 bits per heavy atom. The quantitative estimate of drug-likeness (QED) is 0.0411. The normalized spacial score (nSPS) is 13.8. The number of amides is 5. The van der Waals surface area contributed by atoms with Gasteiger partial charge in [-0.05, 0) is 95.9 Å². The van der Waals surface area contributed by atoms with Gasteiger partial charge in [-0.15, -0.1) is 0 Å². The van der Waals surface area contributed by atoms with Gasteiger partial charge in [0.2, 0.25) is 29.4 Å². The number of hydrogen-bond donors (Lipinski definition) is 5. The molecule has 0 spiro atoms. The van der Waals surface area contributed by atoms with Crippen molar-refractivity contribution in [3.05, 3.63) is 108 Å². The lowest BCUT2D eigenvalue weighted by atomic mass is 9.92. The molecule has 0 bridgehead atoms. The summed E-state index contributed by atoms with van der Waals surface area (Å²) in [6, 6.07) is 4.86. The van der Waals surface area contributed by atoms with E-state index in [1.165, 1.54) is 0 Å². The number of Topliss-reactive ketones (excluding diaryl/α,β-unsaturated/α-hetero) is 1. The summed E-state index contributed by atoms with van der Waals surface area (Å²) in [6.07, 6.45) is 14.5. The molecule has 0 aliphatic rings. The number of allylic oxidation sites excluding steroid dienone is 10. The first-order valence-electron chi connectivity index (χ1n) is 20.7. The van der Waals surface area contributed by atoms with E-state index in [4.69, 9.17) is 4.74 Å². The van der Waals surface area contributed by atoms with Crippen molar-refractivity contribution in [3.8, 4) is 0 Å². The molecule has 0 aromatic heterocycles. The minimum atomic E-state index is -1.28. The molecule has 0 saturated carbocycles. The zero-order valence-electron chi connectivity index (χ0n) is 36.8. The molecular weight excluding hydrogens is 763 g/mol. The van der Waals surface area contributed by atoms with E-state index in [2.05, 4.69) is 46.7 Å². The SMILES string of the molecule is C=C/C(=C\C)CCC(=O)NCC(=O)NC(CC/C=C(/CCC)C(=CC)/C(C=C)=C/C)C(=O)NC(CCC)C(=O)C(=O)NCC(=O)NC(C(=O)OC(C)(C)C)c1ccccc1. The Morgan fingerprint density at radius 1 is 0.717 bits per heavy atom. The Kier molecular flexibility index (Phi) is 24.1. The first-order chi connectivity index (χ1) is 28.5. The molecule has 60 heavy (non-hydrogen) atoms. The van der Waals surface area contributed by atoms with Crippen LogP contribution in [0.1, 0.15) is 118 Å². The molecule has 3 atom stereocenters. The predicted molar refractivity (Wildman–Crippen MR) is 236 cm³/mol. The van der Waals surface area contributed by atoms with Gasteiger partial charge in [-0.3, -0.25) is 28.8 Å². The molecule has 5 amide bonds. The van der Waals surface area contributed by atoms with Crippen LogP contribution in [0.5, 0.6) is 0 Å². The topological polar surface area (TPSA) is 189 Å². The van der Waals surface area contributed by atoms with Gasteiger partial charge in [0.15, 0.2) is 6.04 Å². The Morgan fingerprint density at radius 3 is 1.92 bits per heavy atom. The predicted octanol–water partition coefficient (Wildman–Crippen LogP) is 6.25. The third kappa shape index (κ3) is 19.3. The van der Waals surface area contributed by atoms with E-state index >= 15 is 0 Å². The number of rotatable bonds is 26. The molecule has 3 unspecified atom stereocenters. The van der Waals surface area contributed by atoms with Gasteiger partial charge in [-0.1, -0.05) is 112 Å². The van der Waals surface area contributed by atoms with E-state index in [0.717, 1.165) is 35.1 Å². The number of ether oxygens (including phenoxy) is 1. The lowest BCUT2D eigenvalue weighted by molar-refractivity contribution is -0.158. The molecule has 0 aliphatic heterocycles. The summed E-state index contributed by atoms with van der Waals surface area (Å²) in [4.78, 5) is 92.1. The van der Waals surface area contributed by atoms with Gasteiger partial charge in [-0.2, -0.15) is 0 Å². The van der Waals surface area contributed by atoms with E-state index in [-0.39, 0.29) is 31.7 Å². The molecule has 0 saturated heterocycles. The number of hydrogen-bond acceptors (Lipinski definition) is 8. The fourth-order valence-electron chi connectivity index (χ4n) is 6.10. The van der Waals surface area contributed by atoms with Crippen molar-refractivity contribution >= 4 is 41.3 Å². The summed E-state index contributed by atoms with van der Waals surface area (Å²) in [5, 5.41) is 12.8. The van der Waals surface area contributed by atoms with Crippen molar-refractivity contribution in [2.75, 3.05) is 13.1 Å². The summed E-state index contributed by atoms with van der Waals surface area (Å²) in [6.45, 7) is 21.2. The van der Waals surface area contributed by atoms with Crippen LogP contribution >= 0.6 is 0 Å². The zero-order valence-corrected chi connectivity index (χ0v) is 36.8. The second kappa shape index (κ2) is 27.8. The van der Waals surface area contributed by atoms with Crippen LogP contribution in [0.3, 0.4) is 0 Å². The Labute approximate surface area is 356 Å². The van der Waals surface area contributed by atoms with Crippen molar-refractivity contribution in [3.63, 3.8) is 0 Å². The molecule has 13 nitrogen and oxygen atoms in total. The van der Waals surface area contributed by atoms with E-state index < -0.39 is 65.7 Å². The standard InChI is InChI=1S/C47H67N5O8/c1-11-22-34(36(17-7)33(15-5)16-6)26-21-27-38(50-40(54)30-48-39(53)29-28-32(13-3)14-4)44(57)51-37(23-12-2)43(56)45(58)49-31-41(55)52-42(35-24-19-18-20-25-35)46(59)60-47(8,9)10/h13-20,24-26,37-38,42H,3,5,11-12,21-23,27-31H2,1-2,4,6-10H3,(H,48,53)(H,49,58)(H,50,54)(H,51,57)(H,52,55)/b32-14+,33-16+,34-26-,36-17?. The molecule has 328 valence electrons. The van der Waals surface area contributed by atoms with Crippen molar-refractivity contribution < 1.29 is 38.3 Å². The van der Waals surface area contributed by atoms with Gasteiger partial charge in [0.1, 0.15) is 11.6 Å². The van der Waals surface area contributed by atoms with Gasteiger partial charge >= 0.3 is 5.97 Å². The number of carbonyl (C=O) groups excluding carboxylic acids is 7. The van der Waals surface area contributed by atoms with Crippen LogP contribution in [-0.4, -0.2) is 72.1 Å². The molecule has 1 aromatic carbocycles. The summed E-state index contributed by atoms with van der Waals surface area (Å²) in [7, 11) is 0. The van der Waals surface area contributed by atoms with Crippen molar-refractivity contribution in [2.45, 2.75) is 130 Å². The average Bonchev–Trinajstić information content (AvgIpc) is 3.21. The second-order valence-corrected chi connectivity index (χ2v) is 15.0. The fraction of sp³-hybridized carbons (Fsp3) is 0.468. The van der Waals surface area contributed by atoms with Gasteiger partial charge in [-0.25, -0.2) is 4.79 Å². The van der Waals surface area contributed by atoms with Gasteiger partial charge in [0.05, 0.1) is 19.1 Å². The van der Waals surface area contributed by atoms with Crippen LogP contribution < -0.4 is 26.6 Å². The van der Waals surface area contributed by atoms with Crippen molar-refractivity contribution in [2.24, 2.45) is 0 Å². The lowest BCUT2D eigenvalue weighted by Gasteiger charge is -2.25. The Bertz CT molecular complexity index is 1790. The first-order valence-corrected chi connectivity index (χ1v) is 20.7. The van der Waals surface area contributed by atoms with Crippen LogP contribution in [0.25, 0.3) is 0 Å². The Hall–Kier alpha value is -5.85. The number of nitrogens with one attached hydrogen (secondary N) is 5. The minimum Gasteiger partial charge on any atom is -0.458 e. The summed E-state index contributed by atoms with van der Waals surface area (Å²) >= 11 is 0. The zero-order chi connectivity index (χ0) is 45.3. The van der Waals surface area contributed by atoms with Gasteiger partial charge in [0, 0.05) is 6.42 Å². The van der Waals surface area contributed by atoms with Crippen LogP contribution in [0, 0.1) is 0 Å². The van der Waals surface area contributed by atoms with Gasteiger partial charge < -0.3 is 31.3 Å². The van der Waals surface area contributed by atoms with Crippen molar-refractivity contribution in [1.82, 2.24) is 26.6 Å². The number of carbonyl (C=O) groups is 7. The highest BCUT2D eigenvalue weighted by molar-refractivity contribution is 6.38. The van der Waals surface area contributed by atoms with E-state index in [1.54, 1.807) is 70.2 Å². The maximum Gasteiger partial charge on any atom is 0.333 e. The third-order valence-electron chi connectivity index (χ3n) is 9.14. The molecule has 13 heteroatoms. The van der Waals surface area contributed by atoms with Crippen LogP contribution in [0.2, 0.25) is 0 Å². The summed E-state index contributed by atoms with van der Waals surface area (Å²) in [5.74, 6) is -5.24. The van der Waals surface area contributed by atoms with Crippen molar-refractivity contribution in [1.29, 1.82) is 0 Å². The molecule has 0 radical (unpaired) electrons. The molecule has 5 N–H and O–H groups in total. The lowest BCUT2D eigenvalue weighted by Crippen LogP contribution is -2.55. The highest BCUT2D eigenvalue weighted by Crippen LogP contribution is 2.25. The highest BCUT2D eigenvalue weighted by Gasteiger charge is 2.31. The molecular formula is C47H67N5O8. The molecule has 1 rings (SSSR count). The monoisotopic (exact) mass is 829 g/mol. The van der Waals surface area contributed by atoms with Crippen LogP contribution in [-0.2, 0) is 38.3 Å². The minimum absolute atomic E-state index is 0.0907. The van der Waals surface area contributed by atoms with Crippen LogP contribution in [0.4, 0.5) is 0 Å². The largest absolute Gasteiger partial charge is 0.458 e. The molecule has 0 heterocycles. The molecule has 0 aliphatic carbocycles. The van der Waals surface area contributed by atoms with E-state index in [0.29, 0.717) is 24.8 Å². The molecule has 0 fully saturated rings. The highest BCUT2D eigenvalue weighted by atomic mass is 16.6. The second-order valence-electron chi connectivity index (χ2n) is 15.0. The molecule has 1 aromatic rings. The van der Waals surface area contributed by atoms with E-state index in [9.17, 15) is 33.6 Å². The first kappa shape index (κ1) is 52.2. The fourth-order valence-corrected chi connectivity index (χ4v) is 6.10. The summed E-state index contributed by atoms with van der Waals surface area (Å²) < 4.78 is 5.49. The maximum absolute atomic E-state index is 13.9. The van der Waals surface area contributed by atoms with Gasteiger partial charge in [0.25, 0.3) is 5.91 Å². The smallest absolute Gasteiger partial charge is 0.333 e. The van der Waals surface area contributed by atoms with E-state index in [1.807, 2.05) is 45.1 Å². The number of ketones is 1. The average molecular weight is 830 g/mol.